The van der Waals surface area contributed by atoms with Crippen molar-refractivity contribution < 1.29 is 18.8 Å². The van der Waals surface area contributed by atoms with Crippen molar-refractivity contribution in [1.29, 1.82) is 0 Å². The van der Waals surface area contributed by atoms with E-state index in [2.05, 4.69) is 15.6 Å². The molecule has 9 nitrogen and oxygen atoms in total. The molecule has 0 aliphatic carbocycles. The van der Waals surface area contributed by atoms with Gasteiger partial charge in [0.15, 0.2) is 0 Å². The average Bonchev–Trinajstić information content (AvgIpc) is 3.52. The third-order valence-corrected chi connectivity index (χ3v) is 6.12. The molecule has 2 aliphatic rings. The Labute approximate surface area is 199 Å². The molecule has 4 rings (SSSR count). The summed E-state index contributed by atoms with van der Waals surface area (Å²) in [5, 5.41) is 5.91. The van der Waals surface area contributed by atoms with Crippen LogP contribution in [-0.2, 0) is 9.59 Å². The highest BCUT2D eigenvalue weighted by molar-refractivity contribution is 6.10. The zero-order valence-corrected chi connectivity index (χ0v) is 19.5. The Hall–Kier alpha value is -3.62. The maximum Gasteiger partial charge on any atom is 0.261 e. The number of aryl methyl sites for hydroxylation is 1. The largest absolute Gasteiger partial charge is 0.472 e. The number of hydrogen-bond acceptors (Lipinski definition) is 5. The van der Waals surface area contributed by atoms with Gasteiger partial charge in [0.05, 0.1) is 18.4 Å². The first kappa shape index (κ1) is 23.5. The number of likely N-dealkylation sites (tertiary alicyclic amines) is 2. The lowest BCUT2D eigenvalue weighted by molar-refractivity contribution is -0.140. The quantitative estimate of drug-likeness (QED) is 0.522. The van der Waals surface area contributed by atoms with Crippen molar-refractivity contribution >= 4 is 29.4 Å². The number of carbonyl (C=O) groups is 3. The van der Waals surface area contributed by atoms with Crippen LogP contribution < -0.4 is 10.6 Å². The number of rotatable bonds is 5. The number of amides is 3. The van der Waals surface area contributed by atoms with Crippen LogP contribution in [0.2, 0.25) is 0 Å². The van der Waals surface area contributed by atoms with Crippen LogP contribution in [0.4, 0.5) is 5.69 Å². The van der Waals surface area contributed by atoms with Crippen molar-refractivity contribution in [3.05, 3.63) is 54.0 Å². The van der Waals surface area contributed by atoms with Gasteiger partial charge in [-0.05, 0) is 62.8 Å². The maximum absolute atomic E-state index is 13.3. The van der Waals surface area contributed by atoms with Crippen molar-refractivity contribution in [2.24, 2.45) is 4.99 Å². The van der Waals surface area contributed by atoms with Crippen LogP contribution in [0.5, 0.6) is 0 Å². The third-order valence-electron chi connectivity index (χ3n) is 6.12. The van der Waals surface area contributed by atoms with E-state index in [-0.39, 0.29) is 24.3 Å². The monoisotopic (exact) mass is 465 g/mol. The molecular formula is C25H31N5O4. The Balaban J connectivity index is 1.53. The Bertz CT molecular complexity index is 1040. The third kappa shape index (κ3) is 6.03. The molecule has 34 heavy (non-hydrogen) atoms. The van der Waals surface area contributed by atoms with E-state index in [0.717, 1.165) is 50.0 Å². The topological polar surface area (TPSA) is 107 Å². The maximum atomic E-state index is 13.3. The molecule has 2 aromatic rings. The van der Waals surface area contributed by atoms with Crippen molar-refractivity contribution in [3.63, 3.8) is 0 Å². The van der Waals surface area contributed by atoms with Crippen LogP contribution >= 0.6 is 0 Å². The summed E-state index contributed by atoms with van der Waals surface area (Å²) in [6.07, 6.45) is 6.96. The van der Waals surface area contributed by atoms with Gasteiger partial charge in [0.25, 0.3) is 5.91 Å². The summed E-state index contributed by atoms with van der Waals surface area (Å²) in [6.45, 7) is 4.09. The van der Waals surface area contributed by atoms with Gasteiger partial charge in [0, 0.05) is 25.3 Å². The van der Waals surface area contributed by atoms with E-state index in [9.17, 15) is 14.4 Å². The minimum absolute atomic E-state index is 0.0122. The van der Waals surface area contributed by atoms with E-state index in [0.29, 0.717) is 18.5 Å². The second-order valence-corrected chi connectivity index (χ2v) is 8.80. The first-order valence-electron chi connectivity index (χ1n) is 11.8. The molecule has 180 valence electrons. The molecule has 2 saturated heterocycles. The average molecular weight is 466 g/mol. The highest BCUT2D eigenvalue weighted by Gasteiger charge is 2.30. The molecule has 0 spiro atoms. The second-order valence-electron chi connectivity index (χ2n) is 8.80. The normalized spacial score (nSPS) is 19.1. The fraction of sp³-hybridized carbons (Fsp3) is 0.440. The summed E-state index contributed by atoms with van der Waals surface area (Å²) in [5.41, 5.74) is 2.14. The summed E-state index contributed by atoms with van der Waals surface area (Å²) in [7, 11) is 0. The highest BCUT2D eigenvalue weighted by Crippen LogP contribution is 2.17. The highest BCUT2D eigenvalue weighted by atomic mass is 16.3. The lowest BCUT2D eigenvalue weighted by atomic mass is 10.1. The lowest BCUT2D eigenvalue weighted by Crippen LogP contribution is -2.45. The standard InChI is InChI=1S/C25H31N5O4/c1-18-7-6-8-20(15-18)26-25(28-23(32)19-10-14-34-17-19)27-21-9-2-3-13-30(24(21)33)16-22(31)29-11-4-5-12-29/h6-8,10,14-15,17,21H,2-5,9,11-13,16H2,1H3,(H2,26,27,28,32)/t21-/m0/s1. The van der Waals surface area contributed by atoms with E-state index in [1.54, 1.807) is 11.0 Å². The van der Waals surface area contributed by atoms with Crippen molar-refractivity contribution in [2.45, 2.75) is 45.1 Å². The number of nitrogens with zero attached hydrogens (tertiary/aromatic N) is 3. The van der Waals surface area contributed by atoms with Gasteiger partial charge in [0.2, 0.25) is 17.8 Å². The van der Waals surface area contributed by atoms with E-state index in [4.69, 9.17) is 4.42 Å². The van der Waals surface area contributed by atoms with Crippen LogP contribution in [0.1, 0.15) is 48.0 Å². The van der Waals surface area contributed by atoms with Gasteiger partial charge in [-0.3, -0.25) is 19.7 Å². The van der Waals surface area contributed by atoms with Gasteiger partial charge in [0.1, 0.15) is 12.3 Å². The molecule has 2 N–H and O–H groups in total. The first-order chi connectivity index (χ1) is 16.5. The van der Waals surface area contributed by atoms with Crippen LogP contribution in [0.25, 0.3) is 0 Å². The van der Waals surface area contributed by atoms with E-state index in [1.165, 1.54) is 12.5 Å². The van der Waals surface area contributed by atoms with Crippen molar-refractivity contribution in [1.82, 2.24) is 15.1 Å². The number of guanidine groups is 1. The molecule has 9 heteroatoms. The van der Waals surface area contributed by atoms with Gasteiger partial charge >= 0.3 is 0 Å². The number of aliphatic imine (C=N–C) groups is 1. The molecule has 0 saturated carbocycles. The molecule has 1 aromatic heterocycles. The molecule has 0 radical (unpaired) electrons. The summed E-state index contributed by atoms with van der Waals surface area (Å²) < 4.78 is 5.01. The lowest BCUT2D eigenvalue weighted by Gasteiger charge is -2.25. The second kappa shape index (κ2) is 11.0. The molecule has 0 unspecified atom stereocenters. The summed E-state index contributed by atoms with van der Waals surface area (Å²) in [4.78, 5) is 46.8. The SMILES string of the molecule is Cc1cccc(NC(=N[C@H]2CCCCN(CC(=O)N3CCCC3)C2=O)NC(=O)c2ccoc2)c1. The predicted molar refractivity (Wildman–Crippen MR) is 128 cm³/mol. The minimum Gasteiger partial charge on any atom is -0.472 e. The van der Waals surface area contributed by atoms with E-state index >= 15 is 0 Å². The molecular weight excluding hydrogens is 434 g/mol. The molecule has 2 aliphatic heterocycles. The number of hydrogen-bond donors (Lipinski definition) is 2. The Morgan fingerprint density at radius 3 is 2.65 bits per heavy atom. The number of carbonyl (C=O) groups excluding carboxylic acids is 3. The number of nitrogens with one attached hydrogen (secondary N) is 2. The molecule has 2 fully saturated rings. The summed E-state index contributed by atoms with van der Waals surface area (Å²) >= 11 is 0. The Morgan fingerprint density at radius 2 is 1.91 bits per heavy atom. The predicted octanol–water partition coefficient (Wildman–Crippen LogP) is 2.79. The Morgan fingerprint density at radius 1 is 1.12 bits per heavy atom. The fourth-order valence-electron chi connectivity index (χ4n) is 4.28. The van der Waals surface area contributed by atoms with Gasteiger partial charge in [-0.2, -0.15) is 0 Å². The van der Waals surface area contributed by atoms with Gasteiger partial charge in [-0.1, -0.05) is 12.1 Å². The number of furan rings is 1. The van der Waals surface area contributed by atoms with E-state index < -0.39 is 11.9 Å². The molecule has 0 bridgehead atoms. The number of benzene rings is 1. The molecule has 1 aromatic carbocycles. The van der Waals surface area contributed by atoms with Gasteiger partial charge in [-0.25, -0.2) is 4.99 Å². The van der Waals surface area contributed by atoms with Crippen molar-refractivity contribution in [2.75, 3.05) is 31.5 Å². The molecule has 3 amide bonds. The van der Waals surface area contributed by atoms with Crippen LogP contribution in [0.15, 0.2) is 52.3 Å². The van der Waals surface area contributed by atoms with Crippen LogP contribution in [-0.4, -0.2) is 65.7 Å². The Kier molecular flexibility index (Phi) is 7.61. The first-order valence-corrected chi connectivity index (χ1v) is 11.8. The van der Waals surface area contributed by atoms with E-state index in [1.807, 2.05) is 36.1 Å². The molecule has 3 heterocycles. The van der Waals surface area contributed by atoms with Crippen LogP contribution in [0.3, 0.4) is 0 Å². The summed E-state index contributed by atoms with van der Waals surface area (Å²) in [5.74, 6) is -0.411. The zero-order chi connectivity index (χ0) is 23.9. The molecule has 1 atom stereocenters. The minimum atomic E-state index is -0.689. The number of anilines is 1. The van der Waals surface area contributed by atoms with Crippen molar-refractivity contribution in [3.8, 4) is 0 Å². The smallest absolute Gasteiger partial charge is 0.261 e. The van der Waals surface area contributed by atoms with Gasteiger partial charge < -0.3 is 19.5 Å². The summed E-state index contributed by atoms with van der Waals surface area (Å²) in [6, 6.07) is 8.53. The van der Waals surface area contributed by atoms with Crippen LogP contribution in [0, 0.1) is 6.92 Å². The van der Waals surface area contributed by atoms with Gasteiger partial charge in [-0.15, -0.1) is 0 Å². The fourth-order valence-corrected chi connectivity index (χ4v) is 4.28. The zero-order valence-electron chi connectivity index (χ0n) is 19.5.